The first-order valence-electron chi connectivity index (χ1n) is 6.86. The Morgan fingerprint density at radius 1 is 1.52 bits per heavy atom. The Kier molecular flexibility index (Phi) is 3.59. The predicted octanol–water partition coefficient (Wildman–Crippen LogP) is 2.59. The van der Waals surface area contributed by atoms with Crippen molar-refractivity contribution < 1.29 is 9.90 Å². The second-order valence-corrected chi connectivity index (χ2v) is 5.66. The number of amides is 1. The molecule has 1 aliphatic rings. The Morgan fingerprint density at radius 3 is 3.10 bits per heavy atom. The smallest absolute Gasteiger partial charge is 0.251 e. The topological polar surface area (TPSA) is 67.2 Å². The molecule has 0 saturated carbocycles. The first-order chi connectivity index (χ1) is 10.1. The summed E-state index contributed by atoms with van der Waals surface area (Å²) < 4.78 is 1.87. The van der Waals surface area contributed by atoms with E-state index < -0.39 is 0 Å². The first kappa shape index (κ1) is 13.9. The molecule has 2 N–H and O–H groups in total. The number of hydrogen-bond donors (Lipinski definition) is 2. The van der Waals surface area contributed by atoms with Crippen molar-refractivity contribution >= 4 is 17.5 Å². The van der Waals surface area contributed by atoms with Gasteiger partial charge in [-0.2, -0.15) is 5.10 Å². The van der Waals surface area contributed by atoms with E-state index in [-0.39, 0.29) is 22.7 Å². The third kappa shape index (κ3) is 2.61. The SMILES string of the molecule is Cn1ncc2c1CCCC2NC(=O)c1ccc(O)c(Cl)c1. The first-order valence-corrected chi connectivity index (χ1v) is 7.24. The summed E-state index contributed by atoms with van der Waals surface area (Å²) in [6.45, 7) is 0. The summed E-state index contributed by atoms with van der Waals surface area (Å²) >= 11 is 5.84. The number of nitrogens with zero attached hydrogens (tertiary/aromatic N) is 2. The van der Waals surface area contributed by atoms with Crippen molar-refractivity contribution in [3.05, 3.63) is 46.2 Å². The standard InChI is InChI=1S/C15H16ClN3O2/c1-19-13-4-2-3-12(10(13)8-17-19)18-15(21)9-5-6-14(20)11(16)7-9/h5-8,12,20H,2-4H2,1H3,(H,18,21). The van der Waals surface area contributed by atoms with Crippen molar-refractivity contribution in [2.24, 2.45) is 7.05 Å². The number of benzene rings is 1. The summed E-state index contributed by atoms with van der Waals surface area (Å²) in [5.41, 5.74) is 2.70. The van der Waals surface area contributed by atoms with Crippen LogP contribution >= 0.6 is 11.6 Å². The second kappa shape index (κ2) is 5.41. The molecule has 0 radical (unpaired) electrons. The largest absolute Gasteiger partial charge is 0.506 e. The predicted molar refractivity (Wildman–Crippen MR) is 79.5 cm³/mol. The zero-order valence-corrected chi connectivity index (χ0v) is 12.4. The van der Waals surface area contributed by atoms with Crippen molar-refractivity contribution in [2.45, 2.75) is 25.3 Å². The van der Waals surface area contributed by atoms with Crippen molar-refractivity contribution in [3.63, 3.8) is 0 Å². The fourth-order valence-corrected chi connectivity index (χ4v) is 2.93. The van der Waals surface area contributed by atoms with Crippen LogP contribution in [-0.2, 0) is 13.5 Å². The van der Waals surface area contributed by atoms with Crippen molar-refractivity contribution in [1.29, 1.82) is 0 Å². The Bertz CT molecular complexity index is 696. The van der Waals surface area contributed by atoms with Crippen LogP contribution in [0.15, 0.2) is 24.4 Å². The molecule has 1 atom stereocenters. The molecule has 3 rings (SSSR count). The average molecular weight is 306 g/mol. The molecular formula is C15H16ClN3O2. The molecule has 0 aliphatic heterocycles. The van der Waals surface area contributed by atoms with Gasteiger partial charge in [-0.25, -0.2) is 0 Å². The maximum atomic E-state index is 12.3. The van der Waals surface area contributed by atoms with Gasteiger partial charge in [0.1, 0.15) is 5.75 Å². The molecule has 1 heterocycles. The second-order valence-electron chi connectivity index (χ2n) is 5.25. The molecule has 1 amide bonds. The van der Waals surface area contributed by atoms with E-state index in [1.165, 1.54) is 17.8 Å². The minimum Gasteiger partial charge on any atom is -0.506 e. The van der Waals surface area contributed by atoms with Gasteiger partial charge in [-0.3, -0.25) is 9.48 Å². The summed E-state index contributed by atoms with van der Waals surface area (Å²) in [7, 11) is 1.92. The Morgan fingerprint density at radius 2 is 2.33 bits per heavy atom. The van der Waals surface area contributed by atoms with Crippen LogP contribution in [0.3, 0.4) is 0 Å². The highest BCUT2D eigenvalue weighted by Crippen LogP contribution is 2.30. The van der Waals surface area contributed by atoms with Crippen LogP contribution in [0.1, 0.15) is 40.5 Å². The molecule has 110 valence electrons. The highest BCUT2D eigenvalue weighted by Gasteiger charge is 2.25. The maximum Gasteiger partial charge on any atom is 0.251 e. The molecule has 0 fully saturated rings. The number of aromatic nitrogens is 2. The Labute approximate surface area is 127 Å². The summed E-state index contributed by atoms with van der Waals surface area (Å²) in [6.07, 6.45) is 4.73. The monoisotopic (exact) mass is 305 g/mol. The third-order valence-electron chi connectivity index (χ3n) is 3.89. The van der Waals surface area contributed by atoms with E-state index in [2.05, 4.69) is 10.4 Å². The number of carbonyl (C=O) groups is 1. The maximum absolute atomic E-state index is 12.3. The van der Waals surface area contributed by atoms with Crippen molar-refractivity contribution in [2.75, 3.05) is 0 Å². The van der Waals surface area contributed by atoms with Gasteiger partial charge in [0.2, 0.25) is 0 Å². The van der Waals surface area contributed by atoms with E-state index in [4.69, 9.17) is 11.6 Å². The van der Waals surface area contributed by atoms with E-state index in [0.29, 0.717) is 5.56 Å². The number of carbonyl (C=O) groups excluding carboxylic acids is 1. The fourth-order valence-electron chi connectivity index (χ4n) is 2.75. The molecular weight excluding hydrogens is 290 g/mol. The Hall–Kier alpha value is -2.01. The van der Waals surface area contributed by atoms with Crippen molar-refractivity contribution in [1.82, 2.24) is 15.1 Å². The minimum absolute atomic E-state index is 0.0254. The molecule has 1 aliphatic carbocycles. The van der Waals surface area contributed by atoms with Gasteiger partial charge in [0.05, 0.1) is 17.3 Å². The van der Waals surface area contributed by atoms with Gasteiger partial charge < -0.3 is 10.4 Å². The lowest BCUT2D eigenvalue weighted by Crippen LogP contribution is -2.30. The highest BCUT2D eigenvalue weighted by atomic mass is 35.5. The van der Waals surface area contributed by atoms with Gasteiger partial charge in [-0.15, -0.1) is 0 Å². The lowest BCUT2D eigenvalue weighted by atomic mass is 9.93. The molecule has 0 spiro atoms. The third-order valence-corrected chi connectivity index (χ3v) is 4.19. The number of nitrogens with one attached hydrogen (secondary N) is 1. The molecule has 0 bridgehead atoms. The van der Waals surface area contributed by atoms with Crippen LogP contribution in [0, 0.1) is 0 Å². The van der Waals surface area contributed by atoms with Crippen LogP contribution in [-0.4, -0.2) is 20.8 Å². The number of hydrogen-bond acceptors (Lipinski definition) is 3. The van der Waals surface area contributed by atoms with Gasteiger partial charge >= 0.3 is 0 Å². The van der Waals surface area contributed by atoms with Crippen molar-refractivity contribution in [3.8, 4) is 5.75 Å². The van der Waals surface area contributed by atoms with E-state index >= 15 is 0 Å². The molecule has 1 aromatic heterocycles. The molecule has 21 heavy (non-hydrogen) atoms. The molecule has 1 unspecified atom stereocenters. The van der Waals surface area contributed by atoms with E-state index in [1.807, 2.05) is 17.9 Å². The summed E-state index contributed by atoms with van der Waals surface area (Å²) in [5, 5.41) is 16.9. The zero-order chi connectivity index (χ0) is 15.0. The van der Waals surface area contributed by atoms with E-state index in [9.17, 15) is 9.90 Å². The van der Waals surface area contributed by atoms with Gasteiger partial charge in [0.15, 0.2) is 0 Å². The number of phenolic OH excluding ortho intramolecular Hbond substituents is 1. The number of aromatic hydroxyl groups is 1. The summed E-state index contributed by atoms with van der Waals surface area (Å²) in [6, 6.07) is 4.43. The lowest BCUT2D eigenvalue weighted by Gasteiger charge is -2.23. The van der Waals surface area contributed by atoms with Crippen LogP contribution in [0.25, 0.3) is 0 Å². The number of rotatable bonds is 2. The van der Waals surface area contributed by atoms with Gasteiger partial charge in [-0.05, 0) is 37.5 Å². The highest BCUT2D eigenvalue weighted by molar-refractivity contribution is 6.32. The number of phenols is 1. The van der Waals surface area contributed by atoms with Gasteiger partial charge in [0.25, 0.3) is 5.91 Å². The molecule has 2 aromatic rings. The van der Waals surface area contributed by atoms with Crippen LogP contribution in [0.2, 0.25) is 5.02 Å². The lowest BCUT2D eigenvalue weighted by molar-refractivity contribution is 0.0932. The van der Waals surface area contributed by atoms with Crippen LogP contribution in [0.4, 0.5) is 0 Å². The summed E-state index contributed by atoms with van der Waals surface area (Å²) in [5.74, 6) is -0.223. The summed E-state index contributed by atoms with van der Waals surface area (Å²) in [4.78, 5) is 12.3. The fraction of sp³-hybridized carbons (Fsp3) is 0.333. The van der Waals surface area contributed by atoms with Crippen LogP contribution in [0.5, 0.6) is 5.75 Å². The number of aryl methyl sites for hydroxylation is 1. The zero-order valence-electron chi connectivity index (χ0n) is 11.6. The van der Waals surface area contributed by atoms with Crippen LogP contribution < -0.4 is 5.32 Å². The van der Waals surface area contributed by atoms with Gasteiger partial charge in [0, 0.05) is 23.9 Å². The minimum atomic E-state index is -0.196. The Balaban J connectivity index is 1.81. The molecule has 5 nitrogen and oxygen atoms in total. The quantitative estimate of drug-likeness (QED) is 0.896. The normalized spacial score (nSPS) is 17.3. The van der Waals surface area contributed by atoms with E-state index in [0.717, 1.165) is 24.8 Å². The number of halogens is 1. The molecule has 0 saturated heterocycles. The molecule has 1 aromatic carbocycles. The molecule has 6 heteroatoms. The average Bonchev–Trinajstić information content (AvgIpc) is 2.85. The van der Waals surface area contributed by atoms with Gasteiger partial charge in [-0.1, -0.05) is 11.6 Å². The number of fused-ring (bicyclic) bond motifs is 1. The van der Waals surface area contributed by atoms with E-state index in [1.54, 1.807) is 6.07 Å².